The monoisotopic (exact) mass is 632 g/mol. The molecule has 4 heterocycles. The molecule has 0 saturated carbocycles. The van der Waals surface area contributed by atoms with Crippen LogP contribution < -0.4 is 10.9 Å². The molecule has 0 aromatic carbocycles. The van der Waals surface area contributed by atoms with Gasteiger partial charge < -0.3 is 25.3 Å². The fraction of sp³-hybridized carbons (Fsp3) is 0.143. The summed E-state index contributed by atoms with van der Waals surface area (Å²) in [7, 11) is 0. The third-order valence-corrected chi connectivity index (χ3v) is 5.20. The molecule has 4 aromatic rings. The number of rotatable bonds is 8. The summed E-state index contributed by atoms with van der Waals surface area (Å²) in [4.78, 5) is 25.3. The van der Waals surface area contributed by atoms with E-state index in [-0.39, 0.29) is 19.5 Å². The van der Waals surface area contributed by atoms with Crippen molar-refractivity contribution in [2.24, 2.45) is 20.2 Å². The number of hydrazone groups is 2. The van der Waals surface area contributed by atoms with Crippen molar-refractivity contribution in [3.05, 3.63) is 120 Å². The number of pyridine rings is 4. The minimum absolute atomic E-state index is 0. The van der Waals surface area contributed by atoms with E-state index in [4.69, 9.17) is 25.3 Å². The molecule has 0 aliphatic heterocycles. The molecule has 0 aliphatic rings. The number of nitrogens with one attached hydrogen (secondary N) is 2. The first-order chi connectivity index (χ1) is 19.6. The zero-order valence-corrected chi connectivity index (χ0v) is 27.4. The van der Waals surface area contributed by atoms with Crippen molar-refractivity contribution in [1.29, 1.82) is 0 Å². The minimum atomic E-state index is 0. The molecule has 2 N–H and O–H groups in total. The first-order valence-corrected chi connectivity index (χ1v) is 13.2. The Kier molecular flexibility index (Phi) is 15.4. The SMILES string of the molecule is CCN=C([S-])NN=C(c1ccccn1)c1ccccn1.CCN=C([S-])NN=C(c1ccccn1)c1ccccn1.[Zn+2]. The molecule has 4 aromatic heterocycles. The maximum Gasteiger partial charge on any atom is 2.00 e. The normalized spacial score (nSPS) is 10.7. The Hall–Kier alpha value is -4.06. The van der Waals surface area contributed by atoms with Gasteiger partial charge in [-0.2, -0.15) is 10.2 Å². The zero-order valence-electron chi connectivity index (χ0n) is 22.8. The molecule has 10 nitrogen and oxygen atoms in total. The van der Waals surface area contributed by atoms with Crippen LogP contribution in [0.25, 0.3) is 0 Å². The van der Waals surface area contributed by atoms with E-state index in [2.05, 4.69) is 51.0 Å². The summed E-state index contributed by atoms with van der Waals surface area (Å²) in [5.41, 5.74) is 9.64. The number of hydrogen-bond donors (Lipinski definition) is 2. The standard InChI is InChI=1S/2C14H15N5S.Zn/c2*1-2-15-14(20)19-18-13(11-7-3-5-9-16-11)12-8-4-6-10-17-12;/h2*3-10H,2H2,1H3,(H2,15,19,20);/q;;+2/p-2. The molecule has 0 unspecified atom stereocenters. The molecule has 41 heavy (non-hydrogen) atoms. The van der Waals surface area contributed by atoms with Crippen molar-refractivity contribution in [2.75, 3.05) is 13.1 Å². The van der Waals surface area contributed by atoms with Gasteiger partial charge in [0.15, 0.2) is 0 Å². The van der Waals surface area contributed by atoms with Crippen LogP contribution in [-0.2, 0) is 44.7 Å². The van der Waals surface area contributed by atoms with Crippen LogP contribution in [0.4, 0.5) is 0 Å². The Morgan fingerprint density at radius 2 is 0.854 bits per heavy atom. The predicted molar refractivity (Wildman–Crippen MR) is 165 cm³/mol. The molecular formula is C28H28N10S2Zn. The fourth-order valence-electron chi connectivity index (χ4n) is 3.07. The Morgan fingerprint density at radius 1 is 0.561 bits per heavy atom. The molecule has 0 amide bonds. The summed E-state index contributed by atoms with van der Waals surface area (Å²) in [6, 6.07) is 22.5. The van der Waals surface area contributed by atoms with Gasteiger partial charge >= 0.3 is 19.5 Å². The molecule has 4 rings (SSSR count). The summed E-state index contributed by atoms with van der Waals surface area (Å²) in [5, 5.41) is 9.27. The zero-order chi connectivity index (χ0) is 28.4. The van der Waals surface area contributed by atoms with E-state index in [0.717, 1.165) is 22.8 Å². The maximum absolute atomic E-state index is 5.05. The van der Waals surface area contributed by atoms with Gasteiger partial charge in [0.05, 0.1) is 22.8 Å². The maximum atomic E-state index is 5.05. The van der Waals surface area contributed by atoms with Crippen molar-refractivity contribution in [2.45, 2.75) is 13.8 Å². The van der Waals surface area contributed by atoms with Gasteiger partial charge in [0.1, 0.15) is 11.4 Å². The van der Waals surface area contributed by atoms with E-state index in [9.17, 15) is 0 Å². The number of aliphatic imine (C=N–C) groups is 2. The topological polar surface area (TPSA) is 125 Å². The quantitative estimate of drug-likeness (QED) is 0.0994. The van der Waals surface area contributed by atoms with Gasteiger partial charge in [0, 0.05) is 37.9 Å². The molecule has 0 fully saturated rings. The molecular weight excluding hydrogens is 606 g/mol. The van der Waals surface area contributed by atoms with E-state index in [1.165, 1.54) is 0 Å². The summed E-state index contributed by atoms with van der Waals surface area (Å²) < 4.78 is 0. The minimum Gasteiger partial charge on any atom is -0.741 e. The van der Waals surface area contributed by atoms with Crippen LogP contribution in [0.15, 0.2) is 118 Å². The molecule has 0 bridgehead atoms. The molecule has 0 saturated heterocycles. The van der Waals surface area contributed by atoms with Gasteiger partial charge in [-0.3, -0.25) is 40.8 Å². The van der Waals surface area contributed by atoms with E-state index in [0.29, 0.717) is 34.8 Å². The average molecular weight is 634 g/mol. The molecule has 0 aliphatic carbocycles. The molecule has 0 atom stereocenters. The molecule has 13 heteroatoms. The third-order valence-electron chi connectivity index (χ3n) is 4.76. The Labute approximate surface area is 263 Å². The summed E-state index contributed by atoms with van der Waals surface area (Å²) in [6.45, 7) is 5.06. The number of nitrogens with zero attached hydrogens (tertiary/aromatic N) is 8. The summed E-state index contributed by atoms with van der Waals surface area (Å²) in [5.74, 6) is 0. The van der Waals surface area contributed by atoms with Crippen LogP contribution in [0.2, 0.25) is 0 Å². The number of aromatic nitrogens is 4. The fourth-order valence-corrected chi connectivity index (χ4v) is 3.42. The van der Waals surface area contributed by atoms with Crippen LogP contribution in [0.5, 0.6) is 0 Å². The molecule has 0 spiro atoms. The Balaban J connectivity index is 0.000000280. The van der Waals surface area contributed by atoms with Crippen LogP contribution >= 0.6 is 0 Å². The Bertz CT molecular complexity index is 1230. The van der Waals surface area contributed by atoms with Crippen molar-refractivity contribution < 1.29 is 19.5 Å². The third kappa shape index (κ3) is 11.5. The van der Waals surface area contributed by atoms with E-state index >= 15 is 0 Å². The summed E-state index contributed by atoms with van der Waals surface area (Å²) >= 11 is 10.1. The summed E-state index contributed by atoms with van der Waals surface area (Å²) in [6.07, 6.45) is 6.84. The van der Waals surface area contributed by atoms with Crippen molar-refractivity contribution >= 4 is 47.0 Å². The molecule has 204 valence electrons. The van der Waals surface area contributed by atoms with Gasteiger partial charge in [0.2, 0.25) is 0 Å². The van der Waals surface area contributed by atoms with E-state index in [1.54, 1.807) is 24.8 Å². The first-order valence-electron chi connectivity index (χ1n) is 12.4. The average Bonchev–Trinajstić information content (AvgIpc) is 3.00. The second-order valence-electron chi connectivity index (χ2n) is 7.56. The molecule has 0 radical (unpaired) electrons. The van der Waals surface area contributed by atoms with Gasteiger partial charge in [-0.25, -0.2) is 0 Å². The van der Waals surface area contributed by atoms with Crippen LogP contribution in [-0.4, -0.2) is 54.8 Å². The Morgan fingerprint density at radius 3 is 1.07 bits per heavy atom. The van der Waals surface area contributed by atoms with Crippen molar-refractivity contribution in [1.82, 2.24) is 30.8 Å². The van der Waals surface area contributed by atoms with Gasteiger partial charge in [-0.05, 0) is 72.7 Å². The second-order valence-corrected chi connectivity index (χ2v) is 8.34. The van der Waals surface area contributed by atoms with Gasteiger partial charge in [-0.1, -0.05) is 24.3 Å². The van der Waals surface area contributed by atoms with Crippen molar-refractivity contribution in [3.63, 3.8) is 0 Å². The largest absolute Gasteiger partial charge is 2.00 e. The smallest absolute Gasteiger partial charge is 0.741 e. The van der Waals surface area contributed by atoms with Crippen LogP contribution in [0.3, 0.4) is 0 Å². The van der Waals surface area contributed by atoms with Crippen LogP contribution in [0, 0.1) is 0 Å². The second kappa shape index (κ2) is 19.1. The van der Waals surface area contributed by atoms with Gasteiger partial charge in [0.25, 0.3) is 0 Å². The van der Waals surface area contributed by atoms with Crippen molar-refractivity contribution in [3.8, 4) is 0 Å². The van der Waals surface area contributed by atoms with E-state index < -0.39 is 0 Å². The number of hydrogen-bond acceptors (Lipinski definition) is 10. The number of amidine groups is 2. The van der Waals surface area contributed by atoms with Gasteiger partial charge in [-0.15, -0.1) is 0 Å². The predicted octanol–water partition coefficient (Wildman–Crippen LogP) is 3.48. The van der Waals surface area contributed by atoms with E-state index in [1.807, 2.05) is 86.6 Å². The first kappa shape index (κ1) is 33.2. The van der Waals surface area contributed by atoms with Crippen LogP contribution in [0.1, 0.15) is 36.6 Å².